The predicted octanol–water partition coefficient (Wildman–Crippen LogP) is 4.97. The lowest BCUT2D eigenvalue weighted by molar-refractivity contribution is -0.234. The molecule has 1 atom stereocenters. The molecule has 2 N–H and O–H groups in total. The second-order valence-electron chi connectivity index (χ2n) is 8.83. The highest BCUT2D eigenvalue weighted by Crippen LogP contribution is 2.45. The average molecular weight is 462 g/mol. The van der Waals surface area contributed by atoms with Crippen LogP contribution in [0.3, 0.4) is 0 Å². The molecule has 4 rings (SSSR count). The highest BCUT2D eigenvalue weighted by Gasteiger charge is 2.55. The van der Waals surface area contributed by atoms with Gasteiger partial charge in [0.2, 0.25) is 0 Å². The molecule has 0 aliphatic carbocycles. The lowest BCUT2D eigenvalue weighted by Crippen LogP contribution is -2.50. The maximum absolute atomic E-state index is 14.2. The van der Waals surface area contributed by atoms with E-state index in [-0.39, 0.29) is 16.6 Å². The number of nitrogens with zero attached hydrogens (tertiary/aromatic N) is 1. The molecule has 0 saturated carbocycles. The molecular formula is C24H22F4N2O3. The Balaban J connectivity index is 1.75. The zero-order valence-electron chi connectivity index (χ0n) is 18.0. The zero-order valence-corrected chi connectivity index (χ0v) is 18.0. The molecule has 1 unspecified atom stereocenters. The molecule has 3 aromatic rings. The first-order valence-electron chi connectivity index (χ1n) is 10.3. The Bertz CT molecular complexity index is 1300. The molecule has 5 nitrogen and oxygen atoms in total. The SMILES string of the molecule is CC(C)(CC(O)(C=Nc1cccc2c(=O)[nH]ccc12)C(F)(F)F)c1cc(F)cc2c1OCC2. The Labute approximate surface area is 186 Å². The third-order valence-electron chi connectivity index (χ3n) is 5.89. The van der Waals surface area contributed by atoms with Gasteiger partial charge in [-0.25, -0.2) is 4.39 Å². The summed E-state index contributed by atoms with van der Waals surface area (Å²) in [5, 5.41) is 11.4. The number of H-pyrrole nitrogens is 1. The number of aromatic nitrogens is 1. The van der Waals surface area contributed by atoms with Crippen molar-refractivity contribution in [3.8, 4) is 5.75 Å². The van der Waals surface area contributed by atoms with Gasteiger partial charge in [0.25, 0.3) is 5.56 Å². The molecule has 33 heavy (non-hydrogen) atoms. The summed E-state index contributed by atoms with van der Waals surface area (Å²) in [6.45, 7) is 3.30. The molecule has 1 aliphatic rings. The number of rotatable bonds is 5. The Morgan fingerprint density at radius 1 is 1.18 bits per heavy atom. The number of pyridine rings is 1. The van der Waals surface area contributed by atoms with E-state index in [2.05, 4.69) is 9.98 Å². The van der Waals surface area contributed by atoms with E-state index < -0.39 is 35.0 Å². The minimum Gasteiger partial charge on any atom is -0.493 e. The Kier molecular flexibility index (Phi) is 5.56. The van der Waals surface area contributed by atoms with Crippen LogP contribution in [0.5, 0.6) is 5.75 Å². The van der Waals surface area contributed by atoms with Crippen LogP contribution in [0, 0.1) is 5.82 Å². The Morgan fingerprint density at radius 3 is 2.67 bits per heavy atom. The molecule has 0 bridgehead atoms. The molecule has 0 spiro atoms. The largest absolute Gasteiger partial charge is 0.493 e. The minimum atomic E-state index is -5.06. The average Bonchev–Trinajstić information content (AvgIpc) is 3.19. The van der Waals surface area contributed by atoms with Gasteiger partial charge in [-0.2, -0.15) is 13.2 Å². The number of halogens is 4. The topological polar surface area (TPSA) is 74.7 Å². The van der Waals surface area contributed by atoms with E-state index in [4.69, 9.17) is 4.74 Å². The molecule has 9 heteroatoms. The Hall–Kier alpha value is -3.20. The van der Waals surface area contributed by atoms with E-state index in [1.54, 1.807) is 0 Å². The van der Waals surface area contributed by atoms with Gasteiger partial charge in [0.1, 0.15) is 11.6 Å². The third-order valence-corrected chi connectivity index (χ3v) is 5.89. The lowest BCUT2D eigenvalue weighted by atomic mass is 9.74. The van der Waals surface area contributed by atoms with Crippen molar-refractivity contribution in [2.24, 2.45) is 4.99 Å². The molecule has 0 fully saturated rings. The summed E-state index contributed by atoms with van der Waals surface area (Å²) >= 11 is 0. The standard InChI is InChI=1S/C24H22F4N2O3/c1-22(2,18-11-15(25)10-14-7-9-33-20(14)18)12-23(32,24(26,27)28)13-30-19-5-3-4-17-16(19)6-8-29-21(17)31/h3-6,8,10-11,13,32H,7,9,12H2,1-2H3,(H,29,31). The highest BCUT2D eigenvalue weighted by atomic mass is 19.4. The third kappa shape index (κ3) is 4.25. The second kappa shape index (κ2) is 7.98. The summed E-state index contributed by atoms with van der Waals surface area (Å²) in [4.78, 5) is 18.4. The fourth-order valence-electron chi connectivity index (χ4n) is 4.25. The fraction of sp³-hybridized carbons (Fsp3) is 0.333. The van der Waals surface area contributed by atoms with Gasteiger partial charge < -0.3 is 14.8 Å². The van der Waals surface area contributed by atoms with Gasteiger partial charge in [-0.15, -0.1) is 0 Å². The molecule has 174 valence electrons. The van der Waals surface area contributed by atoms with Crippen molar-refractivity contribution >= 4 is 22.7 Å². The number of hydrogen-bond acceptors (Lipinski definition) is 4. The van der Waals surface area contributed by atoms with Crippen LogP contribution in [-0.2, 0) is 11.8 Å². The monoisotopic (exact) mass is 462 g/mol. The maximum Gasteiger partial charge on any atom is 0.422 e. The number of ether oxygens (including phenoxy) is 1. The van der Waals surface area contributed by atoms with Gasteiger partial charge in [-0.05, 0) is 42.2 Å². The van der Waals surface area contributed by atoms with Crippen LogP contribution in [0.2, 0.25) is 0 Å². The summed E-state index contributed by atoms with van der Waals surface area (Å²) in [5.41, 5.74) is -4.10. The van der Waals surface area contributed by atoms with Crippen molar-refractivity contribution < 1.29 is 27.4 Å². The number of fused-ring (bicyclic) bond motifs is 2. The van der Waals surface area contributed by atoms with Crippen molar-refractivity contribution in [2.75, 3.05) is 6.61 Å². The zero-order chi connectivity index (χ0) is 24.0. The van der Waals surface area contributed by atoms with Crippen LogP contribution < -0.4 is 10.3 Å². The quantitative estimate of drug-likeness (QED) is 0.416. The number of aliphatic hydroxyl groups is 1. The first-order chi connectivity index (χ1) is 15.4. The maximum atomic E-state index is 14.2. The van der Waals surface area contributed by atoms with Crippen LogP contribution in [-0.4, -0.2) is 34.7 Å². The summed E-state index contributed by atoms with van der Waals surface area (Å²) in [6.07, 6.45) is -3.61. The van der Waals surface area contributed by atoms with Gasteiger partial charge in [0, 0.05) is 40.7 Å². The number of benzene rings is 2. The lowest BCUT2D eigenvalue weighted by Gasteiger charge is -2.36. The van der Waals surface area contributed by atoms with Crippen LogP contribution in [0.15, 0.2) is 52.4 Å². The van der Waals surface area contributed by atoms with Crippen molar-refractivity contribution in [1.29, 1.82) is 0 Å². The highest BCUT2D eigenvalue weighted by molar-refractivity contribution is 5.93. The molecule has 1 aromatic heterocycles. The smallest absolute Gasteiger partial charge is 0.422 e. The molecule has 2 aromatic carbocycles. The second-order valence-corrected chi connectivity index (χ2v) is 8.83. The molecule has 0 amide bonds. The van der Waals surface area contributed by atoms with Gasteiger partial charge in [0.05, 0.1) is 12.3 Å². The Morgan fingerprint density at radius 2 is 1.94 bits per heavy atom. The summed E-state index contributed by atoms with van der Waals surface area (Å²) in [5.74, 6) is -0.219. The van der Waals surface area contributed by atoms with E-state index >= 15 is 0 Å². The van der Waals surface area contributed by atoms with E-state index in [1.807, 2.05) is 0 Å². The molecule has 1 aliphatic heterocycles. The van der Waals surface area contributed by atoms with Crippen LogP contribution >= 0.6 is 0 Å². The number of alkyl halides is 3. The molecule has 2 heterocycles. The summed E-state index contributed by atoms with van der Waals surface area (Å²) in [7, 11) is 0. The van der Waals surface area contributed by atoms with Gasteiger partial charge in [0.15, 0.2) is 5.60 Å². The summed E-state index contributed by atoms with van der Waals surface area (Å²) in [6, 6.07) is 8.45. The van der Waals surface area contributed by atoms with Crippen molar-refractivity contribution in [3.05, 3.63) is 69.9 Å². The molecule has 0 radical (unpaired) electrons. The van der Waals surface area contributed by atoms with E-state index in [9.17, 15) is 27.5 Å². The number of nitrogens with one attached hydrogen (secondary N) is 1. The van der Waals surface area contributed by atoms with Gasteiger partial charge in [-0.3, -0.25) is 9.79 Å². The fourth-order valence-corrected chi connectivity index (χ4v) is 4.25. The van der Waals surface area contributed by atoms with Crippen LogP contribution in [0.25, 0.3) is 10.8 Å². The van der Waals surface area contributed by atoms with Crippen LogP contribution in [0.4, 0.5) is 23.2 Å². The number of aliphatic imine (C=N–C) groups is 1. The minimum absolute atomic E-state index is 0.106. The van der Waals surface area contributed by atoms with Gasteiger partial charge >= 0.3 is 6.18 Å². The number of hydrogen-bond donors (Lipinski definition) is 2. The molecule has 0 saturated heterocycles. The first kappa shape index (κ1) is 23.0. The van der Waals surface area contributed by atoms with E-state index in [0.717, 1.165) is 6.07 Å². The normalized spacial score (nSPS) is 16.1. The van der Waals surface area contributed by atoms with E-state index in [0.29, 0.717) is 35.9 Å². The van der Waals surface area contributed by atoms with Crippen molar-refractivity contribution in [3.63, 3.8) is 0 Å². The summed E-state index contributed by atoms with van der Waals surface area (Å²) < 4.78 is 62.0. The predicted molar refractivity (Wildman–Crippen MR) is 117 cm³/mol. The molecular weight excluding hydrogens is 440 g/mol. The van der Waals surface area contributed by atoms with Gasteiger partial charge in [-0.1, -0.05) is 19.9 Å². The van der Waals surface area contributed by atoms with Crippen molar-refractivity contribution in [1.82, 2.24) is 4.98 Å². The first-order valence-corrected chi connectivity index (χ1v) is 10.3. The van der Waals surface area contributed by atoms with E-state index in [1.165, 1.54) is 50.4 Å². The van der Waals surface area contributed by atoms with Crippen molar-refractivity contribution in [2.45, 2.75) is 43.9 Å². The van der Waals surface area contributed by atoms with Crippen LogP contribution in [0.1, 0.15) is 31.4 Å². The number of aromatic amines is 1.